The molecule has 2 saturated heterocycles. The maximum absolute atomic E-state index is 12.8. The van der Waals surface area contributed by atoms with Crippen molar-refractivity contribution in [3.05, 3.63) is 21.7 Å². The Hall–Kier alpha value is -2.29. The molecule has 0 spiro atoms. The predicted molar refractivity (Wildman–Crippen MR) is 116 cm³/mol. The molecule has 3 aliphatic heterocycles. The number of nitrogens with zero attached hydrogens (tertiary/aromatic N) is 3. The highest BCUT2D eigenvalue weighted by molar-refractivity contribution is 8.06. The molecule has 4 rings (SSSR count). The van der Waals surface area contributed by atoms with Gasteiger partial charge in [0, 0.05) is 34.5 Å². The molecule has 0 bridgehead atoms. The van der Waals surface area contributed by atoms with Crippen molar-refractivity contribution < 1.29 is 29.4 Å². The molecule has 2 unspecified atom stereocenters. The topological polar surface area (TPSA) is 167 Å². The van der Waals surface area contributed by atoms with E-state index in [1.807, 2.05) is 0 Å². The fourth-order valence-electron chi connectivity index (χ4n) is 3.50. The summed E-state index contributed by atoms with van der Waals surface area (Å²) in [7, 11) is 0. The Bertz CT molecular complexity index is 973. The number of thioether (sulfide) groups is 2. The molecule has 11 nitrogen and oxygen atoms in total. The van der Waals surface area contributed by atoms with Crippen molar-refractivity contribution in [1.29, 1.82) is 0 Å². The Labute approximate surface area is 189 Å². The van der Waals surface area contributed by atoms with Crippen LogP contribution in [0.5, 0.6) is 0 Å². The van der Waals surface area contributed by atoms with Crippen LogP contribution in [0, 0.1) is 0 Å². The number of ether oxygens (including phenoxy) is 1. The Balaban J connectivity index is 1.48. The summed E-state index contributed by atoms with van der Waals surface area (Å²) in [5, 5.41) is 25.8. The average molecular weight is 486 g/mol. The number of nitrogen functional groups attached to an aromatic ring is 1. The third-order valence-electron chi connectivity index (χ3n) is 4.98. The van der Waals surface area contributed by atoms with Gasteiger partial charge in [-0.05, 0) is 12.8 Å². The second-order valence-corrected chi connectivity index (χ2v) is 10.3. The number of carboxylic acids is 1. The Kier molecular flexibility index (Phi) is 6.41. The average Bonchev–Trinajstić information content (AvgIpc) is 3.18. The lowest BCUT2D eigenvalue weighted by atomic mass is 10.0. The first-order chi connectivity index (χ1) is 14.9. The van der Waals surface area contributed by atoms with Gasteiger partial charge in [0.05, 0.1) is 0 Å². The molecule has 0 radical (unpaired) electrons. The third-order valence-corrected chi connectivity index (χ3v) is 8.54. The summed E-state index contributed by atoms with van der Waals surface area (Å²) in [6, 6.07) is -0.936. The SMILES string of the molecule is Nc1nc(/C(=N/O)C(=O)NC2C(=O)N3C(C(=O)O)=C(SC4CCOCC4)CSC23)cs1. The highest BCUT2D eigenvalue weighted by atomic mass is 32.2. The van der Waals surface area contributed by atoms with Crippen molar-refractivity contribution in [2.24, 2.45) is 5.16 Å². The van der Waals surface area contributed by atoms with Crippen LogP contribution in [0.4, 0.5) is 5.13 Å². The summed E-state index contributed by atoms with van der Waals surface area (Å²) in [6.45, 7) is 1.28. The van der Waals surface area contributed by atoms with Crippen LogP contribution in [0.1, 0.15) is 18.5 Å². The van der Waals surface area contributed by atoms with Crippen LogP contribution in [0.15, 0.2) is 21.1 Å². The number of rotatable bonds is 6. The molecule has 14 heteroatoms. The highest BCUT2D eigenvalue weighted by Gasteiger charge is 2.54. The van der Waals surface area contributed by atoms with E-state index in [0.29, 0.717) is 23.9 Å². The van der Waals surface area contributed by atoms with Crippen molar-refractivity contribution in [2.75, 3.05) is 24.7 Å². The summed E-state index contributed by atoms with van der Waals surface area (Å²) in [5.41, 5.74) is 5.24. The minimum absolute atomic E-state index is 0.0286. The molecular weight excluding hydrogens is 466 g/mol. The van der Waals surface area contributed by atoms with E-state index < -0.39 is 29.2 Å². The van der Waals surface area contributed by atoms with E-state index >= 15 is 0 Å². The summed E-state index contributed by atoms with van der Waals surface area (Å²) < 4.78 is 5.35. The fraction of sp³-hybridized carbons (Fsp3) is 0.471. The molecule has 2 atom stereocenters. The third kappa shape index (κ3) is 4.24. The first-order valence-electron chi connectivity index (χ1n) is 9.30. The van der Waals surface area contributed by atoms with Crippen molar-refractivity contribution in [1.82, 2.24) is 15.2 Å². The van der Waals surface area contributed by atoms with Gasteiger partial charge in [0.2, 0.25) is 0 Å². The molecule has 1 aromatic heterocycles. The summed E-state index contributed by atoms with van der Waals surface area (Å²) in [6.07, 6.45) is 1.65. The molecule has 166 valence electrons. The standard InChI is InChI=1S/C17H19N5O6S3/c18-17-19-8(5-30-17)10(21-27)13(23)20-11-14(24)22-12(16(25)26)9(6-29-15(11)22)31-7-1-3-28-4-2-7/h5,7,11,15,27H,1-4,6H2,(H2,18,19)(H,20,23)(H,25,26)/b21-10-. The predicted octanol–water partition coefficient (Wildman–Crippen LogP) is 0.512. The number of carbonyl (C=O) groups excluding carboxylic acids is 2. The zero-order valence-corrected chi connectivity index (χ0v) is 18.5. The number of β-lactam (4-membered cyclic amide) rings is 1. The lowest BCUT2D eigenvalue weighted by Crippen LogP contribution is -2.71. The van der Waals surface area contributed by atoms with Gasteiger partial charge >= 0.3 is 5.97 Å². The van der Waals surface area contributed by atoms with Crippen molar-refractivity contribution in [2.45, 2.75) is 29.5 Å². The Morgan fingerprint density at radius 2 is 2.13 bits per heavy atom. The number of anilines is 1. The van der Waals surface area contributed by atoms with Gasteiger partial charge in [-0.3, -0.25) is 14.5 Å². The second-order valence-electron chi connectivity index (χ2n) is 6.89. The first kappa shape index (κ1) is 21.9. The van der Waals surface area contributed by atoms with E-state index in [1.54, 1.807) is 0 Å². The molecule has 4 heterocycles. The Morgan fingerprint density at radius 1 is 1.39 bits per heavy atom. The number of aromatic nitrogens is 1. The highest BCUT2D eigenvalue weighted by Crippen LogP contribution is 2.45. The van der Waals surface area contributed by atoms with Crippen LogP contribution < -0.4 is 11.1 Å². The fourth-order valence-corrected chi connectivity index (χ4v) is 6.84. The number of nitrogens with one attached hydrogen (secondary N) is 1. The van der Waals surface area contributed by atoms with Crippen LogP contribution in [0.2, 0.25) is 0 Å². The van der Waals surface area contributed by atoms with E-state index in [2.05, 4.69) is 15.5 Å². The van der Waals surface area contributed by atoms with Gasteiger partial charge in [-0.1, -0.05) is 5.16 Å². The molecule has 1 aromatic rings. The van der Waals surface area contributed by atoms with Crippen LogP contribution in [0.25, 0.3) is 0 Å². The molecule has 2 fully saturated rings. The van der Waals surface area contributed by atoms with Crippen LogP contribution >= 0.6 is 34.9 Å². The van der Waals surface area contributed by atoms with Crippen molar-refractivity contribution in [3.8, 4) is 0 Å². The minimum atomic E-state index is -1.17. The summed E-state index contributed by atoms with van der Waals surface area (Å²) in [4.78, 5) is 43.0. The maximum atomic E-state index is 12.8. The van der Waals surface area contributed by atoms with Gasteiger partial charge in [0.15, 0.2) is 10.8 Å². The number of carboxylic acid groups (broad SMARTS) is 1. The van der Waals surface area contributed by atoms with Gasteiger partial charge < -0.3 is 26.1 Å². The zero-order chi connectivity index (χ0) is 22.1. The molecule has 5 N–H and O–H groups in total. The molecular formula is C17H19N5O6S3. The van der Waals surface area contributed by atoms with Crippen LogP contribution in [-0.2, 0) is 19.1 Å². The van der Waals surface area contributed by atoms with Crippen LogP contribution in [0.3, 0.4) is 0 Å². The second kappa shape index (κ2) is 9.06. The van der Waals surface area contributed by atoms with Crippen molar-refractivity contribution in [3.63, 3.8) is 0 Å². The minimum Gasteiger partial charge on any atom is -0.477 e. The lowest BCUT2D eigenvalue weighted by Gasteiger charge is -2.49. The Morgan fingerprint density at radius 3 is 2.74 bits per heavy atom. The zero-order valence-electron chi connectivity index (χ0n) is 16.0. The quantitative estimate of drug-likeness (QED) is 0.193. The number of aliphatic carboxylic acids is 1. The van der Waals surface area contributed by atoms with Gasteiger partial charge in [-0.25, -0.2) is 9.78 Å². The number of amides is 2. The van der Waals surface area contributed by atoms with Gasteiger partial charge in [-0.15, -0.1) is 34.9 Å². The van der Waals surface area contributed by atoms with E-state index in [9.17, 15) is 24.7 Å². The van der Waals surface area contributed by atoms with Gasteiger partial charge in [0.25, 0.3) is 11.8 Å². The van der Waals surface area contributed by atoms with Gasteiger partial charge in [0.1, 0.15) is 22.8 Å². The molecule has 31 heavy (non-hydrogen) atoms. The maximum Gasteiger partial charge on any atom is 0.353 e. The number of oxime groups is 1. The largest absolute Gasteiger partial charge is 0.477 e. The number of hydrogen-bond acceptors (Lipinski definition) is 11. The van der Waals surface area contributed by atoms with E-state index in [1.165, 1.54) is 33.8 Å². The van der Waals surface area contributed by atoms with E-state index in [-0.39, 0.29) is 27.5 Å². The number of nitrogens with two attached hydrogens (primary N) is 1. The normalized spacial score (nSPS) is 24.6. The van der Waals surface area contributed by atoms with Crippen molar-refractivity contribution >= 4 is 63.5 Å². The number of carbonyl (C=O) groups is 3. The van der Waals surface area contributed by atoms with E-state index in [4.69, 9.17) is 10.5 Å². The molecule has 3 aliphatic rings. The number of thiazole rings is 1. The molecule has 0 saturated carbocycles. The van der Waals surface area contributed by atoms with Gasteiger partial charge in [-0.2, -0.15) is 0 Å². The summed E-state index contributed by atoms with van der Waals surface area (Å²) >= 11 is 3.95. The monoisotopic (exact) mass is 485 g/mol. The molecule has 0 aliphatic carbocycles. The summed E-state index contributed by atoms with van der Waals surface area (Å²) in [5.74, 6) is -2.07. The molecule has 2 amide bonds. The number of fused-ring (bicyclic) bond motifs is 1. The lowest BCUT2D eigenvalue weighted by molar-refractivity contribution is -0.150. The smallest absolute Gasteiger partial charge is 0.353 e. The molecule has 0 aromatic carbocycles. The van der Waals surface area contributed by atoms with Crippen LogP contribution in [-0.4, -0.2) is 79.3 Å². The van der Waals surface area contributed by atoms with E-state index in [0.717, 1.165) is 24.2 Å². The number of hydrogen-bond donors (Lipinski definition) is 4. The first-order valence-corrected chi connectivity index (χ1v) is 12.1.